The van der Waals surface area contributed by atoms with Gasteiger partial charge in [-0.15, -0.1) is 0 Å². The van der Waals surface area contributed by atoms with E-state index in [-0.39, 0.29) is 29.3 Å². The highest BCUT2D eigenvalue weighted by Crippen LogP contribution is 2.37. The second kappa shape index (κ2) is 6.99. The highest BCUT2D eigenvalue weighted by Gasteiger charge is 2.34. The quantitative estimate of drug-likeness (QED) is 0.758. The molecule has 1 aromatic heterocycles. The van der Waals surface area contributed by atoms with Gasteiger partial charge in [-0.2, -0.15) is 18.2 Å². The number of rotatable bonds is 6. The van der Waals surface area contributed by atoms with Gasteiger partial charge >= 0.3 is 6.18 Å². The number of fused-ring (bicyclic) bond motifs is 1. The van der Waals surface area contributed by atoms with Gasteiger partial charge in [-0.05, 0) is 18.6 Å². The van der Waals surface area contributed by atoms with Crippen LogP contribution >= 0.6 is 0 Å². The van der Waals surface area contributed by atoms with Gasteiger partial charge in [0, 0.05) is 0 Å². The standard InChI is InChI=1S/C15H19F3N4O/c1-2-3-5-9(8-23)20-13-12-10(15(16,17)18)6-4-7-11(12)21-14(19)22-13/h4,6-7,9,23H,2-3,5,8H2,1H3,(H3,19,20,21,22)/t9-/m1/s1. The van der Waals surface area contributed by atoms with E-state index in [9.17, 15) is 18.3 Å². The molecule has 0 amide bonds. The molecule has 1 atom stereocenters. The summed E-state index contributed by atoms with van der Waals surface area (Å²) >= 11 is 0. The van der Waals surface area contributed by atoms with Gasteiger partial charge in [-0.1, -0.05) is 25.8 Å². The Morgan fingerprint density at radius 2 is 2.04 bits per heavy atom. The summed E-state index contributed by atoms with van der Waals surface area (Å²) in [5.41, 5.74) is 4.88. The smallest absolute Gasteiger partial charge is 0.394 e. The molecule has 0 radical (unpaired) electrons. The lowest BCUT2D eigenvalue weighted by Crippen LogP contribution is -2.25. The van der Waals surface area contributed by atoms with E-state index in [1.807, 2.05) is 6.92 Å². The van der Waals surface area contributed by atoms with Crippen LogP contribution in [-0.2, 0) is 6.18 Å². The maximum absolute atomic E-state index is 13.3. The minimum absolute atomic E-state index is 0.00409. The number of aliphatic hydroxyl groups excluding tert-OH is 1. The number of nitrogens with two attached hydrogens (primary N) is 1. The summed E-state index contributed by atoms with van der Waals surface area (Å²) in [5, 5.41) is 12.2. The SMILES string of the molecule is CCCC[C@H](CO)Nc1nc(N)nc2cccc(C(F)(F)F)c12. The molecule has 0 aliphatic heterocycles. The third-order valence-corrected chi connectivity index (χ3v) is 3.51. The second-order valence-electron chi connectivity index (χ2n) is 5.29. The first-order chi connectivity index (χ1) is 10.9. The zero-order chi connectivity index (χ0) is 17.0. The van der Waals surface area contributed by atoms with Gasteiger partial charge in [-0.3, -0.25) is 0 Å². The van der Waals surface area contributed by atoms with E-state index in [4.69, 9.17) is 5.73 Å². The van der Waals surface area contributed by atoms with E-state index in [0.717, 1.165) is 18.9 Å². The maximum atomic E-state index is 13.3. The number of benzene rings is 1. The lowest BCUT2D eigenvalue weighted by Gasteiger charge is -2.19. The van der Waals surface area contributed by atoms with E-state index in [2.05, 4.69) is 15.3 Å². The molecule has 126 valence electrons. The van der Waals surface area contributed by atoms with E-state index in [1.54, 1.807) is 0 Å². The number of hydrogen-bond acceptors (Lipinski definition) is 5. The Morgan fingerprint density at radius 3 is 2.65 bits per heavy atom. The van der Waals surface area contributed by atoms with Crippen molar-refractivity contribution in [3.8, 4) is 0 Å². The summed E-state index contributed by atoms with van der Waals surface area (Å²) in [6.45, 7) is 1.79. The molecule has 0 saturated heterocycles. The molecule has 8 heteroatoms. The maximum Gasteiger partial charge on any atom is 0.417 e. The number of aromatic nitrogens is 2. The van der Waals surface area contributed by atoms with Crippen LogP contribution in [0.2, 0.25) is 0 Å². The van der Waals surface area contributed by atoms with Crippen LogP contribution in [0.15, 0.2) is 18.2 Å². The first-order valence-electron chi connectivity index (χ1n) is 7.37. The fourth-order valence-corrected chi connectivity index (χ4v) is 2.39. The monoisotopic (exact) mass is 328 g/mol. The molecule has 0 fully saturated rings. The Kier molecular flexibility index (Phi) is 5.25. The lowest BCUT2D eigenvalue weighted by molar-refractivity contribution is -0.136. The van der Waals surface area contributed by atoms with E-state index < -0.39 is 17.8 Å². The highest BCUT2D eigenvalue weighted by molar-refractivity contribution is 5.93. The normalized spacial score (nSPS) is 13.3. The van der Waals surface area contributed by atoms with Gasteiger partial charge in [0.1, 0.15) is 5.82 Å². The Morgan fingerprint density at radius 1 is 1.30 bits per heavy atom. The number of nitrogens with zero attached hydrogens (tertiary/aromatic N) is 2. The van der Waals surface area contributed by atoms with Crippen molar-refractivity contribution in [1.29, 1.82) is 0 Å². The Balaban J connectivity index is 2.53. The number of aliphatic hydroxyl groups is 1. The second-order valence-corrected chi connectivity index (χ2v) is 5.29. The van der Waals surface area contributed by atoms with E-state index in [0.29, 0.717) is 6.42 Å². The Hall–Kier alpha value is -2.09. The number of nitrogen functional groups attached to an aromatic ring is 1. The van der Waals surface area contributed by atoms with Gasteiger partial charge in [0.2, 0.25) is 5.95 Å². The van der Waals surface area contributed by atoms with Crippen molar-refractivity contribution in [2.75, 3.05) is 17.7 Å². The molecule has 0 unspecified atom stereocenters. The predicted octanol–water partition coefficient (Wildman–Crippen LogP) is 3.19. The Bertz CT molecular complexity index is 676. The van der Waals surface area contributed by atoms with Crippen LogP contribution in [0.4, 0.5) is 24.9 Å². The average molecular weight is 328 g/mol. The van der Waals surface area contributed by atoms with Crippen LogP contribution in [0.1, 0.15) is 31.7 Å². The number of nitrogens with one attached hydrogen (secondary N) is 1. The fraction of sp³-hybridized carbons (Fsp3) is 0.467. The molecule has 1 heterocycles. The van der Waals surface area contributed by atoms with Crippen molar-refractivity contribution < 1.29 is 18.3 Å². The first-order valence-corrected chi connectivity index (χ1v) is 7.37. The minimum Gasteiger partial charge on any atom is -0.394 e. The molecule has 0 bridgehead atoms. The largest absolute Gasteiger partial charge is 0.417 e. The third-order valence-electron chi connectivity index (χ3n) is 3.51. The topological polar surface area (TPSA) is 84.1 Å². The lowest BCUT2D eigenvalue weighted by atomic mass is 10.1. The summed E-state index contributed by atoms with van der Waals surface area (Å²) in [6, 6.07) is 3.32. The van der Waals surface area contributed by atoms with Crippen LogP contribution < -0.4 is 11.1 Å². The zero-order valence-electron chi connectivity index (χ0n) is 12.7. The predicted molar refractivity (Wildman–Crippen MR) is 83.0 cm³/mol. The minimum atomic E-state index is -4.53. The molecule has 4 N–H and O–H groups in total. The zero-order valence-corrected chi connectivity index (χ0v) is 12.7. The summed E-state index contributed by atoms with van der Waals surface area (Å²) < 4.78 is 39.8. The van der Waals surface area contributed by atoms with Crippen LogP contribution in [-0.4, -0.2) is 27.7 Å². The van der Waals surface area contributed by atoms with Crippen molar-refractivity contribution >= 4 is 22.7 Å². The molecule has 0 spiro atoms. The number of hydrogen-bond donors (Lipinski definition) is 3. The van der Waals surface area contributed by atoms with Gasteiger partial charge in [-0.25, -0.2) is 4.98 Å². The van der Waals surface area contributed by atoms with E-state index >= 15 is 0 Å². The van der Waals surface area contributed by atoms with Gasteiger partial charge in [0.05, 0.1) is 29.1 Å². The van der Waals surface area contributed by atoms with Crippen LogP contribution in [0.3, 0.4) is 0 Å². The van der Waals surface area contributed by atoms with Crippen molar-refractivity contribution in [1.82, 2.24) is 9.97 Å². The summed E-state index contributed by atoms with van der Waals surface area (Å²) in [4.78, 5) is 7.79. The fourth-order valence-electron chi connectivity index (χ4n) is 2.39. The molecule has 0 aliphatic carbocycles. The summed E-state index contributed by atoms with van der Waals surface area (Å²) in [6.07, 6.45) is -2.17. The van der Waals surface area contributed by atoms with Gasteiger partial charge < -0.3 is 16.2 Å². The van der Waals surface area contributed by atoms with Crippen molar-refractivity contribution in [3.63, 3.8) is 0 Å². The van der Waals surface area contributed by atoms with E-state index in [1.165, 1.54) is 12.1 Å². The molecule has 0 aliphatic rings. The summed E-state index contributed by atoms with van der Waals surface area (Å²) in [5.74, 6) is -0.123. The van der Waals surface area contributed by atoms with Crippen molar-refractivity contribution in [2.45, 2.75) is 38.4 Å². The van der Waals surface area contributed by atoms with Crippen LogP contribution in [0.5, 0.6) is 0 Å². The number of halogens is 3. The van der Waals surface area contributed by atoms with Crippen molar-refractivity contribution in [2.24, 2.45) is 0 Å². The highest BCUT2D eigenvalue weighted by atomic mass is 19.4. The molecular weight excluding hydrogens is 309 g/mol. The first kappa shape index (κ1) is 17.3. The molecule has 0 saturated carbocycles. The molecular formula is C15H19F3N4O. The number of anilines is 2. The van der Waals surface area contributed by atoms with Crippen molar-refractivity contribution in [3.05, 3.63) is 23.8 Å². The van der Waals surface area contributed by atoms with Gasteiger partial charge in [0.15, 0.2) is 0 Å². The molecule has 5 nitrogen and oxygen atoms in total. The average Bonchev–Trinajstić information content (AvgIpc) is 2.49. The number of alkyl halides is 3. The molecule has 2 rings (SSSR count). The van der Waals surface area contributed by atoms with Crippen LogP contribution in [0.25, 0.3) is 10.9 Å². The summed E-state index contributed by atoms with van der Waals surface area (Å²) in [7, 11) is 0. The third kappa shape index (κ3) is 4.01. The van der Waals surface area contributed by atoms with Crippen LogP contribution in [0, 0.1) is 0 Å². The molecule has 2 aromatic rings. The number of unbranched alkanes of at least 4 members (excludes halogenated alkanes) is 1. The van der Waals surface area contributed by atoms with Gasteiger partial charge in [0.25, 0.3) is 0 Å². The molecule has 1 aromatic carbocycles. The Labute approximate surface area is 131 Å². The molecule has 23 heavy (non-hydrogen) atoms.